The molecule has 1 rings (SSSR count). The smallest absolute Gasteiger partial charge is 0.131 e. The molecule has 0 aliphatic rings. The largest absolute Gasteiger partial charge is 0.369 e. The molecule has 0 spiro atoms. The summed E-state index contributed by atoms with van der Waals surface area (Å²) in [7, 11) is 0. The van der Waals surface area contributed by atoms with Gasteiger partial charge in [0.15, 0.2) is 0 Å². The number of rotatable bonds is 5. The number of hydrogen-bond acceptors (Lipinski definition) is 5. The molecule has 5 heteroatoms. The fourth-order valence-electron chi connectivity index (χ4n) is 1.01. The molecule has 2 N–H and O–H groups in total. The molecule has 0 saturated carbocycles. The molecule has 1 heterocycles. The zero-order valence-electron chi connectivity index (χ0n) is 8.49. The normalized spacial score (nSPS) is 10.3. The lowest BCUT2D eigenvalue weighted by Gasteiger charge is -2.09. The van der Waals surface area contributed by atoms with Gasteiger partial charge in [-0.3, -0.25) is 0 Å². The molecule has 0 aromatic carbocycles. The number of anilines is 2. The summed E-state index contributed by atoms with van der Waals surface area (Å²) >= 11 is 4.11. The maximum atomic E-state index is 4.11. The van der Waals surface area contributed by atoms with Crippen LogP contribution in [-0.2, 0) is 0 Å². The number of thiol groups is 1. The number of nitrogens with one attached hydrogen (secondary N) is 2. The molecule has 0 aliphatic carbocycles. The van der Waals surface area contributed by atoms with Gasteiger partial charge in [-0.05, 0) is 13.8 Å². The van der Waals surface area contributed by atoms with Crippen molar-refractivity contribution in [2.24, 2.45) is 0 Å². The molecule has 0 bridgehead atoms. The van der Waals surface area contributed by atoms with E-state index in [1.54, 1.807) is 6.33 Å². The summed E-state index contributed by atoms with van der Waals surface area (Å²) in [6.07, 6.45) is 1.55. The van der Waals surface area contributed by atoms with Crippen LogP contribution in [0.15, 0.2) is 12.4 Å². The highest BCUT2D eigenvalue weighted by molar-refractivity contribution is 7.80. The summed E-state index contributed by atoms with van der Waals surface area (Å²) in [6.45, 7) is 4.95. The monoisotopic (exact) mass is 212 g/mol. The third-order valence-electron chi connectivity index (χ3n) is 1.52. The van der Waals surface area contributed by atoms with Gasteiger partial charge in [0, 0.05) is 24.4 Å². The van der Waals surface area contributed by atoms with E-state index in [1.165, 1.54) is 0 Å². The van der Waals surface area contributed by atoms with Crippen molar-refractivity contribution >= 4 is 24.3 Å². The first kappa shape index (κ1) is 11.1. The first-order valence-electron chi connectivity index (χ1n) is 4.65. The summed E-state index contributed by atoms with van der Waals surface area (Å²) < 4.78 is 0. The molecule has 0 fully saturated rings. The van der Waals surface area contributed by atoms with Crippen LogP contribution in [0.5, 0.6) is 0 Å². The van der Waals surface area contributed by atoms with Crippen molar-refractivity contribution in [3.63, 3.8) is 0 Å². The zero-order chi connectivity index (χ0) is 10.4. The minimum absolute atomic E-state index is 0.377. The van der Waals surface area contributed by atoms with Crippen molar-refractivity contribution < 1.29 is 0 Å². The van der Waals surface area contributed by atoms with Crippen molar-refractivity contribution in [1.29, 1.82) is 0 Å². The van der Waals surface area contributed by atoms with Gasteiger partial charge in [-0.15, -0.1) is 0 Å². The van der Waals surface area contributed by atoms with Crippen molar-refractivity contribution in [3.05, 3.63) is 12.4 Å². The highest BCUT2D eigenvalue weighted by Crippen LogP contribution is 2.09. The summed E-state index contributed by atoms with van der Waals surface area (Å²) in [5.41, 5.74) is 0. The molecule has 0 saturated heterocycles. The highest BCUT2D eigenvalue weighted by atomic mass is 32.1. The molecule has 0 radical (unpaired) electrons. The molecule has 0 unspecified atom stereocenters. The van der Waals surface area contributed by atoms with E-state index in [0.29, 0.717) is 6.04 Å². The van der Waals surface area contributed by atoms with E-state index >= 15 is 0 Å². The molecular weight excluding hydrogens is 196 g/mol. The number of aromatic nitrogens is 2. The summed E-state index contributed by atoms with van der Waals surface area (Å²) in [5, 5.41) is 6.35. The average Bonchev–Trinajstić information content (AvgIpc) is 2.14. The Morgan fingerprint density at radius 1 is 1.36 bits per heavy atom. The van der Waals surface area contributed by atoms with Gasteiger partial charge in [-0.1, -0.05) is 0 Å². The highest BCUT2D eigenvalue weighted by Gasteiger charge is 1.98. The van der Waals surface area contributed by atoms with Crippen LogP contribution < -0.4 is 10.6 Å². The van der Waals surface area contributed by atoms with Gasteiger partial charge in [0.2, 0.25) is 0 Å². The van der Waals surface area contributed by atoms with E-state index in [9.17, 15) is 0 Å². The second-order valence-electron chi connectivity index (χ2n) is 3.24. The molecular formula is C9H16N4S. The lowest BCUT2D eigenvalue weighted by Crippen LogP contribution is -2.12. The SMILES string of the molecule is CC(C)Nc1cc(NCCS)ncn1. The van der Waals surface area contributed by atoms with Crippen LogP contribution in [-0.4, -0.2) is 28.3 Å². The standard InChI is InChI=1S/C9H16N4S/c1-7(2)13-9-5-8(10-3-4-14)11-6-12-9/h5-7,14H,3-4H2,1-2H3,(H2,10,11,12,13). The van der Waals surface area contributed by atoms with Gasteiger partial charge in [-0.25, -0.2) is 9.97 Å². The van der Waals surface area contributed by atoms with Crippen molar-refractivity contribution in [1.82, 2.24) is 9.97 Å². The molecule has 0 atom stereocenters. The van der Waals surface area contributed by atoms with E-state index in [0.717, 1.165) is 23.9 Å². The molecule has 0 aliphatic heterocycles. The Bertz CT molecular complexity index is 277. The fraction of sp³-hybridized carbons (Fsp3) is 0.556. The topological polar surface area (TPSA) is 49.8 Å². The molecule has 14 heavy (non-hydrogen) atoms. The third kappa shape index (κ3) is 3.83. The zero-order valence-corrected chi connectivity index (χ0v) is 9.38. The summed E-state index contributed by atoms with van der Waals surface area (Å²) in [4.78, 5) is 8.19. The Kier molecular flexibility index (Phi) is 4.52. The van der Waals surface area contributed by atoms with Gasteiger partial charge < -0.3 is 10.6 Å². The maximum Gasteiger partial charge on any atom is 0.131 e. The van der Waals surface area contributed by atoms with Gasteiger partial charge in [-0.2, -0.15) is 12.6 Å². The first-order chi connectivity index (χ1) is 6.72. The summed E-state index contributed by atoms with van der Waals surface area (Å²) in [6, 6.07) is 2.27. The predicted molar refractivity (Wildman–Crippen MR) is 63.1 cm³/mol. The van der Waals surface area contributed by atoms with Crippen molar-refractivity contribution in [2.75, 3.05) is 22.9 Å². The summed E-state index contributed by atoms with van der Waals surface area (Å²) in [5.74, 6) is 2.46. The Labute approximate surface area is 90.0 Å². The molecule has 1 aromatic heterocycles. The van der Waals surface area contributed by atoms with Crippen molar-refractivity contribution in [3.8, 4) is 0 Å². The van der Waals surface area contributed by atoms with Crippen LogP contribution in [0, 0.1) is 0 Å². The van der Waals surface area contributed by atoms with Crippen molar-refractivity contribution in [2.45, 2.75) is 19.9 Å². The van der Waals surface area contributed by atoms with E-state index in [-0.39, 0.29) is 0 Å². The number of nitrogens with zero attached hydrogens (tertiary/aromatic N) is 2. The van der Waals surface area contributed by atoms with Gasteiger partial charge in [0.05, 0.1) is 0 Å². The van der Waals surface area contributed by atoms with Crippen LogP contribution in [0.2, 0.25) is 0 Å². The molecule has 78 valence electrons. The van der Waals surface area contributed by atoms with E-state index in [2.05, 4.69) is 47.1 Å². The van der Waals surface area contributed by atoms with E-state index < -0.39 is 0 Å². The average molecular weight is 212 g/mol. The third-order valence-corrected chi connectivity index (χ3v) is 1.75. The van der Waals surface area contributed by atoms with E-state index in [4.69, 9.17) is 0 Å². The Morgan fingerprint density at radius 2 is 2.07 bits per heavy atom. The van der Waals surface area contributed by atoms with Gasteiger partial charge >= 0.3 is 0 Å². The minimum Gasteiger partial charge on any atom is -0.369 e. The molecule has 1 aromatic rings. The van der Waals surface area contributed by atoms with Crippen LogP contribution in [0.25, 0.3) is 0 Å². The minimum atomic E-state index is 0.377. The molecule has 4 nitrogen and oxygen atoms in total. The van der Waals surface area contributed by atoms with Crippen LogP contribution in [0.3, 0.4) is 0 Å². The van der Waals surface area contributed by atoms with Crippen LogP contribution >= 0.6 is 12.6 Å². The predicted octanol–water partition coefficient (Wildman–Crippen LogP) is 1.64. The Balaban J connectivity index is 2.59. The first-order valence-corrected chi connectivity index (χ1v) is 5.29. The number of hydrogen-bond donors (Lipinski definition) is 3. The Hall–Kier alpha value is -0.970. The van der Waals surface area contributed by atoms with Crippen LogP contribution in [0.1, 0.15) is 13.8 Å². The van der Waals surface area contributed by atoms with Gasteiger partial charge in [0.25, 0.3) is 0 Å². The second-order valence-corrected chi connectivity index (χ2v) is 3.69. The molecule has 0 amide bonds. The maximum absolute atomic E-state index is 4.11. The van der Waals surface area contributed by atoms with Gasteiger partial charge in [0.1, 0.15) is 18.0 Å². The fourth-order valence-corrected chi connectivity index (χ4v) is 1.12. The Morgan fingerprint density at radius 3 is 2.71 bits per heavy atom. The quantitative estimate of drug-likeness (QED) is 0.649. The second kappa shape index (κ2) is 5.70. The van der Waals surface area contributed by atoms with Crippen LogP contribution in [0.4, 0.5) is 11.6 Å². The van der Waals surface area contributed by atoms with E-state index in [1.807, 2.05) is 6.07 Å². The lowest BCUT2D eigenvalue weighted by molar-refractivity contribution is 0.886. The lowest BCUT2D eigenvalue weighted by atomic mass is 10.4.